The molecule has 24 heavy (non-hydrogen) atoms. The zero-order valence-electron chi connectivity index (χ0n) is 13.6. The number of carbonyl (C=O) groups is 1. The number of amides is 1. The van der Waals surface area contributed by atoms with Crippen molar-refractivity contribution >= 4 is 33.6 Å². The highest BCUT2D eigenvalue weighted by Crippen LogP contribution is 2.39. The van der Waals surface area contributed by atoms with Gasteiger partial charge in [-0.15, -0.1) is 22.7 Å². The number of carbonyl (C=O) groups excluding carboxylic acids is 1. The lowest BCUT2D eigenvalue weighted by Gasteiger charge is -2.04. The first-order valence-corrected chi connectivity index (χ1v) is 9.17. The number of hydrogen-bond donors (Lipinski definition) is 1. The number of thiophene rings is 2. The Morgan fingerprint density at radius 2 is 1.83 bits per heavy atom. The molecule has 0 spiro atoms. The third kappa shape index (κ3) is 2.86. The minimum absolute atomic E-state index is 0.158. The number of anilines is 1. The van der Waals surface area contributed by atoms with E-state index < -0.39 is 0 Å². The molecule has 0 aliphatic rings. The van der Waals surface area contributed by atoms with Crippen molar-refractivity contribution in [3.05, 3.63) is 62.2 Å². The smallest absolute Gasteiger partial charge is 0.257 e. The van der Waals surface area contributed by atoms with Gasteiger partial charge in [-0.25, -0.2) is 0 Å². The molecule has 3 nitrogen and oxygen atoms in total. The molecule has 0 radical (unpaired) electrons. The Morgan fingerprint density at radius 1 is 1.12 bits per heavy atom. The van der Waals surface area contributed by atoms with Gasteiger partial charge in [0.1, 0.15) is 11.1 Å². The van der Waals surface area contributed by atoms with E-state index in [4.69, 9.17) is 0 Å². The number of nitriles is 1. The molecular weight excluding hydrogens is 336 g/mol. The SMILES string of the molecule is Cc1scc(C(=O)Nc2sc(C)c(-c3ccccc3)c2C#N)c1C. The van der Waals surface area contributed by atoms with Crippen LogP contribution in [0.2, 0.25) is 0 Å². The summed E-state index contributed by atoms with van der Waals surface area (Å²) < 4.78 is 0. The summed E-state index contributed by atoms with van der Waals surface area (Å²) in [5, 5.41) is 15.0. The quantitative estimate of drug-likeness (QED) is 0.674. The number of benzene rings is 1. The average Bonchev–Trinajstić information content (AvgIpc) is 3.07. The number of hydrogen-bond acceptors (Lipinski definition) is 4. The maximum absolute atomic E-state index is 12.6. The molecule has 3 aromatic rings. The molecule has 0 aliphatic carbocycles. The molecule has 5 heteroatoms. The highest BCUT2D eigenvalue weighted by molar-refractivity contribution is 7.17. The van der Waals surface area contributed by atoms with Crippen LogP contribution in [0.3, 0.4) is 0 Å². The van der Waals surface area contributed by atoms with Crippen LogP contribution in [0.5, 0.6) is 0 Å². The fourth-order valence-electron chi connectivity index (χ4n) is 2.60. The van der Waals surface area contributed by atoms with Gasteiger partial charge in [-0.3, -0.25) is 4.79 Å². The number of rotatable bonds is 3. The molecule has 0 fully saturated rings. The first-order chi connectivity index (χ1) is 11.5. The normalized spacial score (nSPS) is 10.4. The maximum atomic E-state index is 12.6. The van der Waals surface area contributed by atoms with Gasteiger partial charge in [-0.1, -0.05) is 30.3 Å². The molecule has 0 saturated heterocycles. The second-order valence-electron chi connectivity index (χ2n) is 5.50. The number of nitrogens with one attached hydrogen (secondary N) is 1. The van der Waals surface area contributed by atoms with E-state index in [9.17, 15) is 10.1 Å². The summed E-state index contributed by atoms with van der Waals surface area (Å²) in [6.45, 7) is 5.92. The Bertz CT molecular complexity index is 946. The first kappa shape index (κ1) is 16.4. The lowest BCUT2D eigenvalue weighted by Crippen LogP contribution is -2.12. The van der Waals surface area contributed by atoms with Crippen LogP contribution in [0.1, 0.15) is 31.2 Å². The zero-order chi connectivity index (χ0) is 17.3. The molecule has 0 bridgehead atoms. The summed E-state index contributed by atoms with van der Waals surface area (Å²) >= 11 is 3.01. The van der Waals surface area contributed by atoms with Crippen LogP contribution in [-0.2, 0) is 0 Å². The largest absolute Gasteiger partial charge is 0.312 e. The van der Waals surface area contributed by atoms with Crippen molar-refractivity contribution in [2.75, 3.05) is 5.32 Å². The predicted octanol–water partition coefficient (Wildman–Crippen LogP) is 5.53. The summed E-state index contributed by atoms with van der Waals surface area (Å²) in [7, 11) is 0. The van der Waals surface area contributed by atoms with Crippen LogP contribution in [-0.4, -0.2) is 5.91 Å². The van der Waals surface area contributed by atoms with Gasteiger partial charge in [-0.2, -0.15) is 5.26 Å². The molecular formula is C19H16N2OS2. The van der Waals surface area contributed by atoms with Crippen molar-refractivity contribution in [3.63, 3.8) is 0 Å². The van der Waals surface area contributed by atoms with Gasteiger partial charge in [0.05, 0.1) is 11.1 Å². The van der Waals surface area contributed by atoms with Crippen LogP contribution >= 0.6 is 22.7 Å². The van der Waals surface area contributed by atoms with Gasteiger partial charge >= 0.3 is 0 Å². The molecule has 3 rings (SSSR count). The van der Waals surface area contributed by atoms with Crippen LogP contribution < -0.4 is 5.32 Å². The van der Waals surface area contributed by atoms with Crippen molar-refractivity contribution in [2.24, 2.45) is 0 Å². The minimum atomic E-state index is -0.158. The van der Waals surface area contributed by atoms with Crippen LogP contribution in [0, 0.1) is 32.1 Å². The fourth-order valence-corrected chi connectivity index (χ4v) is 4.49. The zero-order valence-corrected chi connectivity index (χ0v) is 15.3. The van der Waals surface area contributed by atoms with Crippen LogP contribution in [0.4, 0.5) is 5.00 Å². The lowest BCUT2D eigenvalue weighted by molar-refractivity contribution is 0.102. The van der Waals surface area contributed by atoms with Crippen molar-refractivity contribution in [2.45, 2.75) is 20.8 Å². The highest BCUT2D eigenvalue weighted by atomic mass is 32.1. The van der Waals surface area contributed by atoms with Crippen molar-refractivity contribution in [1.29, 1.82) is 5.26 Å². The second-order valence-corrected chi connectivity index (χ2v) is 7.81. The van der Waals surface area contributed by atoms with Crippen LogP contribution in [0.15, 0.2) is 35.7 Å². The van der Waals surface area contributed by atoms with Gasteiger partial charge < -0.3 is 5.32 Å². The molecule has 2 aromatic heterocycles. The number of aryl methyl sites for hydroxylation is 2. The van der Waals surface area contributed by atoms with E-state index in [0.29, 0.717) is 16.1 Å². The molecule has 0 atom stereocenters. The monoisotopic (exact) mass is 352 g/mol. The van der Waals surface area contributed by atoms with Crippen molar-refractivity contribution in [1.82, 2.24) is 0 Å². The van der Waals surface area contributed by atoms with Gasteiger partial charge in [0.15, 0.2) is 0 Å². The summed E-state index contributed by atoms with van der Waals surface area (Å²) in [5.74, 6) is -0.158. The molecule has 120 valence electrons. The average molecular weight is 352 g/mol. The topological polar surface area (TPSA) is 52.9 Å². The molecule has 1 N–H and O–H groups in total. The summed E-state index contributed by atoms with van der Waals surface area (Å²) in [5.41, 5.74) is 4.09. The summed E-state index contributed by atoms with van der Waals surface area (Å²) in [4.78, 5) is 14.7. The van der Waals surface area contributed by atoms with Crippen LogP contribution in [0.25, 0.3) is 11.1 Å². The van der Waals surface area contributed by atoms with E-state index in [0.717, 1.165) is 26.4 Å². The van der Waals surface area contributed by atoms with E-state index >= 15 is 0 Å². The number of nitrogens with zero attached hydrogens (tertiary/aromatic N) is 1. The lowest BCUT2D eigenvalue weighted by atomic mass is 10.0. The Kier molecular flexibility index (Phi) is 4.52. The molecule has 0 saturated carbocycles. The third-order valence-corrected chi connectivity index (χ3v) is 6.05. The fraction of sp³-hybridized carbons (Fsp3) is 0.158. The van der Waals surface area contributed by atoms with Gasteiger partial charge in [-0.05, 0) is 31.9 Å². The Hall–Kier alpha value is -2.42. The van der Waals surface area contributed by atoms with Gasteiger partial charge in [0, 0.05) is 20.7 Å². The highest BCUT2D eigenvalue weighted by Gasteiger charge is 2.20. The Morgan fingerprint density at radius 3 is 2.42 bits per heavy atom. The van der Waals surface area contributed by atoms with E-state index in [1.54, 1.807) is 11.3 Å². The molecule has 1 aromatic carbocycles. The molecule has 2 heterocycles. The van der Waals surface area contributed by atoms with E-state index in [2.05, 4.69) is 11.4 Å². The van der Waals surface area contributed by atoms with E-state index in [1.165, 1.54) is 11.3 Å². The predicted molar refractivity (Wildman–Crippen MR) is 101 cm³/mol. The van der Waals surface area contributed by atoms with Crippen molar-refractivity contribution in [3.8, 4) is 17.2 Å². The standard InChI is InChI=1S/C19H16N2OS2/c1-11-12(2)23-10-16(11)18(22)21-19-15(9-20)17(13(3)24-19)14-7-5-4-6-8-14/h4-8,10H,1-3H3,(H,21,22). The Labute approximate surface area is 149 Å². The van der Waals surface area contributed by atoms with Gasteiger partial charge in [0.25, 0.3) is 5.91 Å². The summed E-state index contributed by atoms with van der Waals surface area (Å²) in [6, 6.07) is 12.1. The first-order valence-electron chi connectivity index (χ1n) is 7.48. The molecule has 0 aliphatic heterocycles. The maximum Gasteiger partial charge on any atom is 0.257 e. The van der Waals surface area contributed by atoms with E-state index in [1.807, 2.05) is 56.5 Å². The van der Waals surface area contributed by atoms with E-state index in [-0.39, 0.29) is 5.91 Å². The molecule has 0 unspecified atom stereocenters. The molecule has 1 amide bonds. The van der Waals surface area contributed by atoms with Crippen molar-refractivity contribution < 1.29 is 4.79 Å². The second kappa shape index (κ2) is 6.60. The Balaban J connectivity index is 2.00. The minimum Gasteiger partial charge on any atom is -0.312 e. The summed E-state index contributed by atoms with van der Waals surface area (Å²) in [6.07, 6.45) is 0. The third-order valence-electron chi connectivity index (χ3n) is 4.02. The van der Waals surface area contributed by atoms with Gasteiger partial charge in [0.2, 0.25) is 0 Å².